The molecule has 5 nitrogen and oxygen atoms in total. The summed E-state index contributed by atoms with van der Waals surface area (Å²) in [6.07, 6.45) is 0.226. The topological polar surface area (TPSA) is 83.5 Å². The highest BCUT2D eigenvalue weighted by atomic mass is 16.4. The minimum Gasteiger partial charge on any atom is -0.481 e. The summed E-state index contributed by atoms with van der Waals surface area (Å²) in [5.41, 5.74) is 0.263. The van der Waals surface area contributed by atoms with Crippen molar-refractivity contribution in [3.05, 3.63) is 29.3 Å². The van der Waals surface area contributed by atoms with E-state index in [9.17, 15) is 14.4 Å². The number of benzene rings is 1. The molecule has 2 N–H and O–H groups in total. The predicted octanol–water partition coefficient (Wildman–Crippen LogP) is 1.47. The molecule has 0 atom stereocenters. The van der Waals surface area contributed by atoms with E-state index in [4.69, 9.17) is 5.11 Å². The van der Waals surface area contributed by atoms with Crippen LogP contribution in [0.4, 0.5) is 5.69 Å². The average molecular weight is 247 g/mol. The molecule has 0 aliphatic carbocycles. The maximum atomic E-state index is 12.1. The minimum atomic E-state index is -1.47. The van der Waals surface area contributed by atoms with Gasteiger partial charge in [0, 0.05) is 11.3 Å². The zero-order valence-electron chi connectivity index (χ0n) is 10.1. The van der Waals surface area contributed by atoms with E-state index >= 15 is 0 Å². The van der Waals surface area contributed by atoms with Crippen molar-refractivity contribution < 1.29 is 19.5 Å². The minimum absolute atomic E-state index is 0.118. The fraction of sp³-hybridized carbons (Fsp3) is 0.308. The Labute approximate surface area is 104 Å². The van der Waals surface area contributed by atoms with Crippen LogP contribution in [0.3, 0.4) is 0 Å². The Morgan fingerprint density at radius 1 is 1.33 bits per heavy atom. The van der Waals surface area contributed by atoms with Gasteiger partial charge in [-0.05, 0) is 37.6 Å². The number of carbonyl (C=O) groups excluding carboxylic acids is 2. The SMILES string of the molecule is CC(C)(C(=O)O)C(=O)c1ccc2c(c1)CC(=O)N2. The Kier molecular flexibility index (Phi) is 2.69. The first-order chi connectivity index (χ1) is 8.32. The van der Waals surface area contributed by atoms with Crippen molar-refractivity contribution in [3.63, 3.8) is 0 Å². The number of carbonyl (C=O) groups is 3. The first-order valence-electron chi connectivity index (χ1n) is 5.53. The van der Waals surface area contributed by atoms with Gasteiger partial charge < -0.3 is 10.4 Å². The highest BCUT2D eigenvalue weighted by Gasteiger charge is 2.37. The zero-order valence-corrected chi connectivity index (χ0v) is 10.1. The molecule has 94 valence electrons. The third kappa shape index (κ3) is 1.88. The van der Waals surface area contributed by atoms with Crippen molar-refractivity contribution in [1.82, 2.24) is 0 Å². The Bertz CT molecular complexity index is 560. The number of ketones is 1. The van der Waals surface area contributed by atoms with Crippen LogP contribution in [0.1, 0.15) is 29.8 Å². The van der Waals surface area contributed by atoms with Gasteiger partial charge in [-0.25, -0.2) is 0 Å². The summed E-state index contributed by atoms with van der Waals surface area (Å²) in [7, 11) is 0. The van der Waals surface area contributed by atoms with Crippen LogP contribution < -0.4 is 5.32 Å². The maximum absolute atomic E-state index is 12.1. The van der Waals surface area contributed by atoms with Gasteiger partial charge in [-0.15, -0.1) is 0 Å². The lowest BCUT2D eigenvalue weighted by atomic mass is 9.84. The summed E-state index contributed by atoms with van der Waals surface area (Å²) in [6.45, 7) is 2.74. The fourth-order valence-electron chi connectivity index (χ4n) is 1.83. The van der Waals surface area contributed by atoms with Crippen molar-refractivity contribution in [3.8, 4) is 0 Å². The van der Waals surface area contributed by atoms with Gasteiger partial charge >= 0.3 is 5.97 Å². The average Bonchev–Trinajstić information content (AvgIpc) is 2.66. The van der Waals surface area contributed by atoms with Crippen molar-refractivity contribution in [2.45, 2.75) is 20.3 Å². The number of aliphatic carboxylic acids is 1. The van der Waals surface area contributed by atoms with Crippen molar-refractivity contribution in [2.75, 3.05) is 5.32 Å². The fourth-order valence-corrected chi connectivity index (χ4v) is 1.83. The van der Waals surface area contributed by atoms with Gasteiger partial charge in [0.2, 0.25) is 5.91 Å². The summed E-state index contributed by atoms with van der Waals surface area (Å²) in [5.74, 6) is -1.74. The van der Waals surface area contributed by atoms with Crippen LogP contribution >= 0.6 is 0 Å². The third-order valence-corrected chi connectivity index (χ3v) is 3.09. The van der Waals surface area contributed by atoms with Crippen LogP contribution in [0.25, 0.3) is 0 Å². The van der Waals surface area contributed by atoms with E-state index in [1.807, 2.05) is 0 Å². The van der Waals surface area contributed by atoms with Gasteiger partial charge in [0.1, 0.15) is 5.41 Å². The quantitative estimate of drug-likeness (QED) is 0.626. The van der Waals surface area contributed by atoms with Crippen molar-refractivity contribution in [1.29, 1.82) is 0 Å². The molecule has 1 aromatic carbocycles. The highest BCUT2D eigenvalue weighted by molar-refractivity contribution is 6.12. The number of anilines is 1. The van der Waals surface area contributed by atoms with Gasteiger partial charge in [-0.3, -0.25) is 14.4 Å². The predicted molar refractivity (Wildman–Crippen MR) is 64.5 cm³/mol. The molecular weight excluding hydrogens is 234 g/mol. The Morgan fingerprint density at radius 2 is 2.00 bits per heavy atom. The smallest absolute Gasteiger partial charge is 0.316 e. The Morgan fingerprint density at radius 3 is 2.61 bits per heavy atom. The van der Waals surface area contributed by atoms with E-state index in [1.54, 1.807) is 12.1 Å². The molecule has 0 saturated heterocycles. The number of carboxylic acids is 1. The van der Waals surface area contributed by atoms with Crippen LogP contribution in [-0.4, -0.2) is 22.8 Å². The molecule has 0 bridgehead atoms. The first kappa shape index (κ1) is 12.3. The summed E-state index contributed by atoms with van der Waals surface area (Å²) in [6, 6.07) is 4.75. The number of rotatable bonds is 3. The molecule has 2 rings (SSSR count). The van der Waals surface area contributed by atoms with Gasteiger partial charge in [0.15, 0.2) is 5.78 Å². The number of hydrogen-bond acceptors (Lipinski definition) is 3. The van der Waals surface area contributed by atoms with Crippen LogP contribution in [-0.2, 0) is 16.0 Å². The second-order valence-corrected chi connectivity index (χ2v) is 4.86. The molecule has 0 unspecified atom stereocenters. The lowest BCUT2D eigenvalue weighted by Crippen LogP contribution is -2.33. The number of amides is 1. The van der Waals surface area contributed by atoms with E-state index in [-0.39, 0.29) is 12.3 Å². The number of Topliss-reactive ketones (excluding diaryl/α,β-unsaturated/α-hetero) is 1. The number of carboxylic acid groups (broad SMARTS) is 1. The van der Waals surface area contributed by atoms with Crippen molar-refractivity contribution in [2.24, 2.45) is 5.41 Å². The molecule has 0 spiro atoms. The van der Waals surface area contributed by atoms with E-state index in [0.29, 0.717) is 11.3 Å². The molecule has 1 heterocycles. The molecule has 1 aromatic rings. The summed E-state index contributed by atoms with van der Waals surface area (Å²) in [4.78, 5) is 34.3. The number of nitrogens with one attached hydrogen (secondary N) is 1. The lowest BCUT2D eigenvalue weighted by molar-refractivity contribution is -0.144. The summed E-state index contributed by atoms with van der Waals surface area (Å²) >= 11 is 0. The van der Waals surface area contributed by atoms with Gasteiger partial charge in [-0.1, -0.05) is 0 Å². The number of fused-ring (bicyclic) bond motifs is 1. The standard InChI is InChI=1S/C13H13NO4/c1-13(2,12(17)18)11(16)7-3-4-9-8(5-7)6-10(15)14-9/h3-5H,6H2,1-2H3,(H,14,15)(H,17,18). The molecule has 0 fully saturated rings. The molecule has 5 heteroatoms. The molecule has 0 radical (unpaired) electrons. The second-order valence-electron chi connectivity index (χ2n) is 4.86. The van der Waals surface area contributed by atoms with Gasteiger partial charge in [0.25, 0.3) is 0 Å². The van der Waals surface area contributed by atoms with E-state index in [0.717, 1.165) is 5.56 Å². The molecular formula is C13H13NO4. The monoisotopic (exact) mass is 247 g/mol. The molecule has 1 amide bonds. The highest BCUT2D eigenvalue weighted by Crippen LogP contribution is 2.28. The first-order valence-corrected chi connectivity index (χ1v) is 5.53. The van der Waals surface area contributed by atoms with E-state index < -0.39 is 17.2 Å². The molecule has 1 aliphatic rings. The molecule has 0 aromatic heterocycles. The summed E-state index contributed by atoms with van der Waals surface area (Å²) in [5, 5.41) is 11.7. The van der Waals surface area contributed by atoms with E-state index in [1.165, 1.54) is 19.9 Å². The van der Waals surface area contributed by atoms with Gasteiger partial charge in [-0.2, -0.15) is 0 Å². The number of hydrogen-bond donors (Lipinski definition) is 2. The maximum Gasteiger partial charge on any atom is 0.316 e. The Balaban J connectivity index is 2.37. The van der Waals surface area contributed by atoms with Crippen LogP contribution in [0.2, 0.25) is 0 Å². The lowest BCUT2D eigenvalue weighted by Gasteiger charge is -2.17. The zero-order chi connectivity index (χ0) is 13.5. The Hall–Kier alpha value is -2.17. The molecule has 0 saturated carbocycles. The van der Waals surface area contributed by atoms with Crippen LogP contribution in [0.5, 0.6) is 0 Å². The second kappa shape index (κ2) is 3.94. The van der Waals surface area contributed by atoms with Crippen molar-refractivity contribution >= 4 is 23.3 Å². The largest absolute Gasteiger partial charge is 0.481 e. The summed E-state index contributed by atoms with van der Waals surface area (Å²) < 4.78 is 0. The third-order valence-electron chi connectivity index (χ3n) is 3.09. The van der Waals surface area contributed by atoms with Gasteiger partial charge in [0.05, 0.1) is 6.42 Å². The molecule has 1 aliphatic heterocycles. The molecule has 18 heavy (non-hydrogen) atoms. The van der Waals surface area contributed by atoms with E-state index in [2.05, 4.69) is 5.32 Å². The van der Waals surface area contributed by atoms with Crippen LogP contribution in [0.15, 0.2) is 18.2 Å². The van der Waals surface area contributed by atoms with Crippen LogP contribution in [0, 0.1) is 5.41 Å². The normalized spacial score (nSPS) is 14.0.